The van der Waals surface area contributed by atoms with Gasteiger partial charge in [-0.1, -0.05) is 45.2 Å². The monoisotopic (exact) mass is 452 g/mol. The van der Waals surface area contributed by atoms with Crippen molar-refractivity contribution in [2.75, 3.05) is 0 Å². The highest BCUT2D eigenvalue weighted by Gasteiger charge is 2.30. The molecule has 0 bridgehead atoms. The van der Waals surface area contributed by atoms with Crippen molar-refractivity contribution < 1.29 is 22.0 Å². The van der Waals surface area contributed by atoms with Gasteiger partial charge in [-0.15, -0.1) is 0 Å². The second-order valence-corrected chi connectivity index (χ2v) is 9.47. The average molecular weight is 453 g/mol. The minimum absolute atomic E-state index is 0.0101. The molecule has 0 aromatic heterocycles. The third kappa shape index (κ3) is 6.55. The maximum atomic E-state index is 14.7. The largest absolute Gasteiger partial charge is 0.416 e. The minimum atomic E-state index is -4.39. The maximum absolute atomic E-state index is 14.7. The van der Waals surface area contributed by atoms with E-state index >= 15 is 0 Å². The predicted octanol–water partition coefficient (Wildman–Crippen LogP) is 8.87. The fraction of sp³-hybridized carbons (Fsp3) is 0.556. The minimum Gasteiger partial charge on any atom is -0.207 e. The SMILES string of the molecule is CCC(C)CCC1CCC(c2cc(F)c(CCc3ccc(C(F)(F)F)cc3)c(F)c2)CC1. The van der Waals surface area contributed by atoms with Gasteiger partial charge in [0, 0.05) is 5.56 Å². The Bertz CT molecular complexity index is 838. The van der Waals surface area contributed by atoms with Crippen LogP contribution in [0.4, 0.5) is 22.0 Å². The smallest absolute Gasteiger partial charge is 0.207 e. The number of benzene rings is 2. The number of hydrogen-bond donors (Lipinski definition) is 0. The van der Waals surface area contributed by atoms with Crippen LogP contribution in [-0.2, 0) is 19.0 Å². The lowest BCUT2D eigenvalue weighted by Crippen LogP contribution is -2.15. The second kappa shape index (κ2) is 10.8. The molecule has 0 heterocycles. The van der Waals surface area contributed by atoms with E-state index in [1.165, 1.54) is 43.5 Å². The Morgan fingerprint density at radius 3 is 2.03 bits per heavy atom. The highest BCUT2D eigenvalue weighted by Crippen LogP contribution is 2.39. The molecule has 0 radical (unpaired) electrons. The second-order valence-electron chi connectivity index (χ2n) is 9.47. The van der Waals surface area contributed by atoms with Crippen LogP contribution in [-0.4, -0.2) is 0 Å². The predicted molar refractivity (Wildman–Crippen MR) is 119 cm³/mol. The molecule has 1 aliphatic carbocycles. The molecule has 32 heavy (non-hydrogen) atoms. The van der Waals surface area contributed by atoms with Crippen LogP contribution in [0.1, 0.15) is 87.0 Å². The lowest BCUT2D eigenvalue weighted by atomic mass is 9.76. The standard InChI is InChI=1S/C27H33F5/c1-3-18(2)4-5-19-6-11-21(12-7-19)22-16-25(28)24(26(29)17-22)15-10-20-8-13-23(14-9-20)27(30,31)32/h8-9,13-14,16-19,21H,3-7,10-12,15H2,1-2H3. The topological polar surface area (TPSA) is 0 Å². The molecular formula is C27H33F5. The summed E-state index contributed by atoms with van der Waals surface area (Å²) < 4.78 is 67.5. The van der Waals surface area contributed by atoms with Crippen molar-refractivity contribution in [2.45, 2.75) is 83.7 Å². The molecule has 1 unspecified atom stereocenters. The Hall–Kier alpha value is -1.91. The van der Waals surface area contributed by atoms with E-state index in [2.05, 4.69) is 13.8 Å². The van der Waals surface area contributed by atoms with E-state index in [1.807, 2.05) is 0 Å². The molecule has 0 spiro atoms. The van der Waals surface area contributed by atoms with Gasteiger partial charge in [-0.05, 0) is 91.7 Å². The van der Waals surface area contributed by atoms with Crippen LogP contribution >= 0.6 is 0 Å². The quantitative estimate of drug-likeness (QED) is 0.351. The Morgan fingerprint density at radius 1 is 0.906 bits per heavy atom. The van der Waals surface area contributed by atoms with Gasteiger partial charge in [0.25, 0.3) is 0 Å². The zero-order valence-corrected chi connectivity index (χ0v) is 18.9. The van der Waals surface area contributed by atoms with Gasteiger partial charge in [-0.25, -0.2) is 8.78 Å². The molecule has 0 nitrogen and oxygen atoms in total. The Labute approximate surface area is 188 Å². The first kappa shape index (κ1) is 24.7. The fourth-order valence-electron chi connectivity index (χ4n) is 4.74. The van der Waals surface area contributed by atoms with Crippen LogP contribution in [0, 0.1) is 23.5 Å². The summed E-state index contributed by atoms with van der Waals surface area (Å²) in [5, 5.41) is 0. The molecule has 1 fully saturated rings. The van der Waals surface area contributed by atoms with Crippen molar-refractivity contribution in [3.05, 3.63) is 70.3 Å². The first-order chi connectivity index (χ1) is 15.2. The third-order valence-corrected chi connectivity index (χ3v) is 7.19. The number of aryl methyl sites for hydroxylation is 1. The molecule has 0 saturated heterocycles. The molecule has 176 valence electrons. The van der Waals surface area contributed by atoms with Crippen LogP contribution in [0.15, 0.2) is 36.4 Å². The van der Waals surface area contributed by atoms with Crippen molar-refractivity contribution in [2.24, 2.45) is 11.8 Å². The Balaban J connectivity index is 1.57. The van der Waals surface area contributed by atoms with Gasteiger partial charge in [0.05, 0.1) is 5.56 Å². The highest BCUT2D eigenvalue weighted by molar-refractivity contribution is 5.31. The van der Waals surface area contributed by atoms with E-state index in [4.69, 9.17) is 0 Å². The Kier molecular flexibility index (Phi) is 8.35. The number of alkyl halides is 3. The summed E-state index contributed by atoms with van der Waals surface area (Å²) in [6.45, 7) is 4.51. The van der Waals surface area contributed by atoms with Gasteiger partial charge < -0.3 is 0 Å². The molecule has 0 aliphatic heterocycles. The number of halogens is 5. The average Bonchev–Trinajstić information content (AvgIpc) is 2.76. The fourth-order valence-corrected chi connectivity index (χ4v) is 4.74. The molecule has 0 N–H and O–H groups in total. The summed E-state index contributed by atoms with van der Waals surface area (Å²) in [5.74, 6) is 0.573. The lowest BCUT2D eigenvalue weighted by molar-refractivity contribution is -0.137. The highest BCUT2D eigenvalue weighted by atomic mass is 19.4. The third-order valence-electron chi connectivity index (χ3n) is 7.19. The molecule has 2 aromatic rings. The number of rotatable bonds is 8. The Morgan fingerprint density at radius 2 is 1.50 bits per heavy atom. The first-order valence-corrected chi connectivity index (χ1v) is 11.8. The molecule has 0 amide bonds. The van der Waals surface area contributed by atoms with E-state index in [1.54, 1.807) is 0 Å². The van der Waals surface area contributed by atoms with Gasteiger partial charge in [-0.3, -0.25) is 0 Å². The zero-order chi connectivity index (χ0) is 23.3. The number of hydrogen-bond acceptors (Lipinski definition) is 0. The molecule has 2 aromatic carbocycles. The lowest BCUT2D eigenvalue weighted by Gasteiger charge is -2.29. The molecule has 1 saturated carbocycles. The van der Waals surface area contributed by atoms with Crippen molar-refractivity contribution >= 4 is 0 Å². The molecule has 1 atom stereocenters. The van der Waals surface area contributed by atoms with Crippen molar-refractivity contribution in [3.63, 3.8) is 0 Å². The normalized spacial score (nSPS) is 20.3. The summed E-state index contributed by atoms with van der Waals surface area (Å²) in [6, 6.07) is 7.68. The van der Waals surface area contributed by atoms with E-state index in [0.717, 1.165) is 55.2 Å². The summed E-state index contributed by atoms with van der Waals surface area (Å²) in [4.78, 5) is 0. The van der Waals surface area contributed by atoms with E-state index < -0.39 is 23.4 Å². The summed E-state index contributed by atoms with van der Waals surface area (Å²) in [7, 11) is 0. The van der Waals surface area contributed by atoms with Gasteiger partial charge >= 0.3 is 6.18 Å². The van der Waals surface area contributed by atoms with Crippen LogP contribution in [0.3, 0.4) is 0 Å². The van der Waals surface area contributed by atoms with E-state index in [0.29, 0.717) is 5.56 Å². The van der Waals surface area contributed by atoms with Gasteiger partial charge in [0.1, 0.15) is 11.6 Å². The van der Waals surface area contributed by atoms with Crippen molar-refractivity contribution in [1.29, 1.82) is 0 Å². The maximum Gasteiger partial charge on any atom is 0.416 e. The van der Waals surface area contributed by atoms with Crippen LogP contribution in [0.25, 0.3) is 0 Å². The summed E-state index contributed by atoms with van der Waals surface area (Å²) >= 11 is 0. The summed E-state index contributed by atoms with van der Waals surface area (Å²) in [5.41, 5.74) is 0.642. The first-order valence-electron chi connectivity index (χ1n) is 11.8. The van der Waals surface area contributed by atoms with E-state index in [-0.39, 0.29) is 24.3 Å². The molecule has 1 aliphatic rings. The molecule has 3 rings (SSSR count). The molecular weight excluding hydrogens is 419 g/mol. The van der Waals surface area contributed by atoms with Gasteiger partial charge in [0.2, 0.25) is 0 Å². The van der Waals surface area contributed by atoms with Crippen LogP contribution < -0.4 is 0 Å². The summed E-state index contributed by atoms with van der Waals surface area (Å²) in [6.07, 6.45) is 3.87. The van der Waals surface area contributed by atoms with E-state index in [9.17, 15) is 22.0 Å². The van der Waals surface area contributed by atoms with Crippen molar-refractivity contribution in [3.8, 4) is 0 Å². The van der Waals surface area contributed by atoms with Gasteiger partial charge in [0.15, 0.2) is 0 Å². The van der Waals surface area contributed by atoms with Crippen LogP contribution in [0.2, 0.25) is 0 Å². The van der Waals surface area contributed by atoms with Crippen molar-refractivity contribution in [1.82, 2.24) is 0 Å². The molecule has 5 heteroatoms. The zero-order valence-electron chi connectivity index (χ0n) is 18.9. The van der Waals surface area contributed by atoms with Crippen LogP contribution in [0.5, 0.6) is 0 Å². The van der Waals surface area contributed by atoms with Gasteiger partial charge in [-0.2, -0.15) is 13.2 Å².